The first-order chi connectivity index (χ1) is 17.0. The molecule has 0 radical (unpaired) electrons. The van der Waals surface area contributed by atoms with Crippen molar-refractivity contribution in [3.63, 3.8) is 0 Å². The van der Waals surface area contributed by atoms with Crippen LogP contribution in [0.5, 0.6) is 0 Å². The number of aromatic nitrogens is 4. The molecule has 0 spiro atoms. The summed E-state index contributed by atoms with van der Waals surface area (Å²) >= 11 is 1.27. The normalized spacial score (nSPS) is 10.9. The predicted molar refractivity (Wildman–Crippen MR) is 136 cm³/mol. The zero-order chi connectivity index (χ0) is 24.8. The summed E-state index contributed by atoms with van der Waals surface area (Å²) in [5.41, 5.74) is 6.54. The van der Waals surface area contributed by atoms with Gasteiger partial charge in [0.1, 0.15) is 5.82 Å². The maximum atomic E-state index is 11.8. The highest BCUT2D eigenvalue weighted by Gasteiger charge is 2.18. The number of fused-ring (bicyclic) bond motifs is 1. The number of esters is 1. The molecule has 0 atom stereocenters. The van der Waals surface area contributed by atoms with E-state index in [0.717, 1.165) is 52.3 Å². The van der Waals surface area contributed by atoms with Crippen LogP contribution in [0, 0.1) is 18.3 Å². The molecule has 4 aromatic rings. The molecule has 0 unspecified atom stereocenters. The van der Waals surface area contributed by atoms with Crippen LogP contribution in [-0.4, -0.2) is 37.9 Å². The molecular weight excluding hydrogens is 458 g/mol. The van der Waals surface area contributed by atoms with Gasteiger partial charge in [0.2, 0.25) is 5.16 Å². The number of carbonyl (C=O) groups is 1. The highest BCUT2D eigenvalue weighted by molar-refractivity contribution is 7.99. The fourth-order valence-corrected chi connectivity index (χ4v) is 4.62. The van der Waals surface area contributed by atoms with Crippen molar-refractivity contribution in [2.45, 2.75) is 45.2 Å². The van der Waals surface area contributed by atoms with Crippen molar-refractivity contribution in [3.05, 3.63) is 76.7 Å². The Labute approximate surface area is 209 Å². The summed E-state index contributed by atoms with van der Waals surface area (Å²) < 4.78 is 6.78. The molecule has 0 saturated heterocycles. The highest BCUT2D eigenvalue weighted by Crippen LogP contribution is 2.26. The third-order valence-electron chi connectivity index (χ3n) is 5.61. The Morgan fingerprint density at radius 1 is 1.11 bits per heavy atom. The van der Waals surface area contributed by atoms with Crippen LogP contribution in [0.4, 0.5) is 0 Å². The van der Waals surface area contributed by atoms with Crippen LogP contribution in [0.25, 0.3) is 16.8 Å². The Morgan fingerprint density at radius 2 is 1.89 bits per heavy atom. The van der Waals surface area contributed by atoms with Crippen molar-refractivity contribution < 1.29 is 9.53 Å². The first-order valence-electron chi connectivity index (χ1n) is 11.7. The quantitative estimate of drug-likeness (QED) is 0.238. The molecule has 2 heterocycles. The molecular formula is C27H27N5O2S. The standard InChI is InChI=1S/C27H27N5O2S/c1-4-8-24-23(15-19-11-13-20(14-12-19)22-10-7-6-9-21(22)16-28)26-30-27(31-32(26)18(3)29-24)35-17-25(33)34-5-2/h6-7,9-14H,4-5,8,15,17H2,1-3H3. The predicted octanol–water partition coefficient (Wildman–Crippen LogP) is 5.17. The average molecular weight is 486 g/mol. The molecule has 0 bridgehead atoms. The van der Waals surface area contributed by atoms with Crippen LogP contribution < -0.4 is 0 Å². The van der Waals surface area contributed by atoms with E-state index in [-0.39, 0.29) is 11.7 Å². The minimum absolute atomic E-state index is 0.167. The van der Waals surface area contributed by atoms with Gasteiger partial charge in [0.15, 0.2) is 5.65 Å². The van der Waals surface area contributed by atoms with Gasteiger partial charge < -0.3 is 4.74 Å². The molecule has 35 heavy (non-hydrogen) atoms. The van der Waals surface area contributed by atoms with Crippen molar-refractivity contribution in [3.8, 4) is 17.2 Å². The third-order valence-corrected chi connectivity index (χ3v) is 6.43. The summed E-state index contributed by atoms with van der Waals surface area (Å²) in [7, 11) is 0. The smallest absolute Gasteiger partial charge is 0.316 e. The lowest BCUT2D eigenvalue weighted by Gasteiger charge is -2.12. The molecule has 7 nitrogen and oxygen atoms in total. The number of thioether (sulfide) groups is 1. The lowest BCUT2D eigenvalue weighted by Crippen LogP contribution is -2.08. The van der Waals surface area contributed by atoms with Crippen molar-refractivity contribution >= 4 is 23.4 Å². The first-order valence-corrected chi connectivity index (χ1v) is 12.6. The van der Waals surface area contributed by atoms with Crippen LogP contribution in [0.15, 0.2) is 53.7 Å². The van der Waals surface area contributed by atoms with Crippen molar-refractivity contribution in [1.29, 1.82) is 5.26 Å². The molecule has 0 fully saturated rings. The summed E-state index contributed by atoms with van der Waals surface area (Å²) in [5.74, 6) is 0.655. The van der Waals surface area contributed by atoms with E-state index in [1.165, 1.54) is 11.8 Å². The zero-order valence-electron chi connectivity index (χ0n) is 20.1. The van der Waals surface area contributed by atoms with Gasteiger partial charge in [-0.1, -0.05) is 67.6 Å². The topological polar surface area (TPSA) is 93.2 Å². The van der Waals surface area contributed by atoms with E-state index in [1.807, 2.05) is 43.3 Å². The molecule has 0 N–H and O–H groups in total. The number of hydrogen-bond acceptors (Lipinski definition) is 7. The summed E-state index contributed by atoms with van der Waals surface area (Å²) in [6.45, 7) is 6.20. The highest BCUT2D eigenvalue weighted by atomic mass is 32.2. The Bertz CT molecular complexity index is 1390. The van der Waals surface area contributed by atoms with Gasteiger partial charge in [0.05, 0.1) is 24.0 Å². The Morgan fingerprint density at radius 3 is 2.60 bits per heavy atom. The van der Waals surface area contributed by atoms with Gasteiger partial charge in [0, 0.05) is 17.7 Å². The van der Waals surface area contributed by atoms with Crippen LogP contribution in [0.2, 0.25) is 0 Å². The monoisotopic (exact) mass is 485 g/mol. The van der Waals surface area contributed by atoms with Gasteiger partial charge in [-0.15, -0.1) is 5.10 Å². The minimum Gasteiger partial charge on any atom is -0.465 e. The van der Waals surface area contributed by atoms with Gasteiger partial charge in [-0.25, -0.2) is 9.97 Å². The SMILES string of the molecule is CCCc1nc(C)n2nc(SCC(=O)OCC)nc2c1Cc1ccc(-c2ccccc2C#N)cc1. The number of nitriles is 1. The number of aryl methyl sites for hydroxylation is 2. The molecule has 4 rings (SSSR count). The molecule has 0 aliphatic rings. The average Bonchev–Trinajstić information content (AvgIpc) is 3.31. The number of benzene rings is 2. The molecule has 0 amide bonds. The number of ether oxygens (including phenoxy) is 1. The largest absolute Gasteiger partial charge is 0.465 e. The number of nitrogens with zero attached hydrogens (tertiary/aromatic N) is 5. The number of hydrogen-bond donors (Lipinski definition) is 0. The van der Waals surface area contributed by atoms with E-state index in [0.29, 0.717) is 23.7 Å². The lowest BCUT2D eigenvalue weighted by molar-refractivity contribution is -0.139. The fraction of sp³-hybridized carbons (Fsp3) is 0.296. The second-order valence-electron chi connectivity index (χ2n) is 8.09. The van der Waals surface area contributed by atoms with E-state index in [9.17, 15) is 10.1 Å². The van der Waals surface area contributed by atoms with Crippen LogP contribution in [-0.2, 0) is 22.4 Å². The number of carbonyl (C=O) groups excluding carboxylic acids is 1. The molecule has 0 aliphatic heterocycles. The maximum Gasteiger partial charge on any atom is 0.316 e. The van der Waals surface area contributed by atoms with Crippen molar-refractivity contribution in [2.75, 3.05) is 12.4 Å². The maximum absolute atomic E-state index is 11.8. The van der Waals surface area contributed by atoms with Crippen molar-refractivity contribution in [1.82, 2.24) is 19.6 Å². The van der Waals surface area contributed by atoms with E-state index in [2.05, 4.69) is 30.2 Å². The summed E-state index contributed by atoms with van der Waals surface area (Å²) in [6.07, 6.45) is 2.48. The van der Waals surface area contributed by atoms with E-state index >= 15 is 0 Å². The van der Waals surface area contributed by atoms with Crippen molar-refractivity contribution in [2.24, 2.45) is 0 Å². The summed E-state index contributed by atoms with van der Waals surface area (Å²) in [6, 6.07) is 18.1. The third kappa shape index (κ3) is 5.52. The Balaban J connectivity index is 1.66. The lowest BCUT2D eigenvalue weighted by atomic mass is 9.97. The first kappa shape index (κ1) is 24.4. The summed E-state index contributed by atoms with van der Waals surface area (Å²) in [4.78, 5) is 21.4. The Hall–Kier alpha value is -3.70. The second-order valence-corrected chi connectivity index (χ2v) is 9.03. The number of rotatable bonds is 9. The van der Waals surface area contributed by atoms with Gasteiger partial charge in [0.25, 0.3) is 0 Å². The molecule has 0 saturated carbocycles. The van der Waals surface area contributed by atoms with Gasteiger partial charge >= 0.3 is 5.97 Å². The van der Waals surface area contributed by atoms with E-state index in [4.69, 9.17) is 14.7 Å². The van der Waals surface area contributed by atoms with E-state index in [1.54, 1.807) is 11.4 Å². The fourth-order valence-electron chi connectivity index (χ4n) is 4.00. The van der Waals surface area contributed by atoms with Crippen LogP contribution >= 0.6 is 11.8 Å². The molecule has 2 aromatic carbocycles. The summed E-state index contributed by atoms with van der Waals surface area (Å²) in [5, 5.41) is 14.5. The zero-order valence-corrected chi connectivity index (χ0v) is 20.9. The molecule has 0 aliphatic carbocycles. The molecule has 2 aromatic heterocycles. The van der Waals surface area contributed by atoms with Gasteiger partial charge in [-0.05, 0) is 43.0 Å². The van der Waals surface area contributed by atoms with E-state index < -0.39 is 0 Å². The molecule has 8 heteroatoms. The minimum atomic E-state index is -0.281. The van der Waals surface area contributed by atoms with Crippen LogP contribution in [0.1, 0.15) is 48.5 Å². The molecule has 178 valence electrons. The van der Waals surface area contributed by atoms with Gasteiger partial charge in [-0.2, -0.15) is 9.78 Å². The second kappa shape index (κ2) is 11.2. The van der Waals surface area contributed by atoms with Gasteiger partial charge in [-0.3, -0.25) is 4.79 Å². The Kier molecular flexibility index (Phi) is 7.78. The van der Waals surface area contributed by atoms with Crippen LogP contribution in [0.3, 0.4) is 0 Å².